The molecule has 32 heavy (non-hydrogen) atoms. The molecule has 1 aliphatic heterocycles. The zero-order chi connectivity index (χ0) is 23.7. The summed E-state index contributed by atoms with van der Waals surface area (Å²) >= 11 is 6.05. The Bertz CT molecular complexity index is 1050. The normalized spacial score (nSPS) is 14.8. The van der Waals surface area contributed by atoms with E-state index in [0.717, 1.165) is 13.8 Å². The third-order valence-corrected chi connectivity index (χ3v) is 6.28. The molecule has 1 atom stereocenters. The molecule has 1 aliphatic rings. The maximum absolute atomic E-state index is 13.3. The molecule has 0 spiro atoms. The second-order valence-electron chi connectivity index (χ2n) is 7.20. The molecule has 3 rings (SSSR count). The fraction of sp³-hybridized carbons (Fsp3) is 0.350. The molecule has 0 bridgehead atoms. The summed E-state index contributed by atoms with van der Waals surface area (Å²) in [6, 6.07) is 9.10. The first-order valence-electron chi connectivity index (χ1n) is 9.29. The fourth-order valence-corrected chi connectivity index (χ4v) is 4.37. The summed E-state index contributed by atoms with van der Waals surface area (Å²) in [5.41, 5.74) is -2.17. The summed E-state index contributed by atoms with van der Waals surface area (Å²) in [5, 5.41) is 2.63. The molecule has 0 saturated heterocycles. The van der Waals surface area contributed by atoms with Crippen LogP contribution >= 0.6 is 11.6 Å². The number of nitrogens with zero attached hydrogens (tertiary/aromatic N) is 1. The van der Waals surface area contributed by atoms with Crippen molar-refractivity contribution in [2.24, 2.45) is 0 Å². The van der Waals surface area contributed by atoms with Gasteiger partial charge in [-0.2, -0.15) is 13.2 Å². The van der Waals surface area contributed by atoms with Crippen LogP contribution in [0.5, 0.6) is 11.5 Å². The van der Waals surface area contributed by atoms with Crippen LogP contribution in [-0.4, -0.2) is 42.3 Å². The quantitative estimate of drug-likeness (QED) is 0.624. The largest absolute Gasteiger partial charge is 0.495 e. The molecule has 0 saturated carbocycles. The van der Waals surface area contributed by atoms with Gasteiger partial charge in [-0.05, 0) is 50.2 Å². The van der Waals surface area contributed by atoms with Gasteiger partial charge in [0.15, 0.2) is 11.0 Å². The highest BCUT2D eigenvalue weighted by molar-refractivity contribution is 7.86. The van der Waals surface area contributed by atoms with E-state index in [2.05, 4.69) is 10.1 Å². The first-order valence-corrected chi connectivity index (χ1v) is 10.8. The van der Waals surface area contributed by atoms with Crippen molar-refractivity contribution in [3.63, 3.8) is 0 Å². The lowest BCUT2D eigenvalue weighted by atomic mass is 10.1. The number of halogens is 4. The van der Waals surface area contributed by atoms with Crippen molar-refractivity contribution < 1.29 is 36.4 Å². The standard InChI is InChI=1S/C20H20ClF3N2O5S/c1-19(2,20(22,23)24)31-18(27)25-13-5-7-15-14(11-13)26(8-9-30-15)32(28)17-10-12(21)4-6-16(17)29-3/h4-7,10-11H,8-9H2,1-3H3,(H,25,27). The molecule has 1 amide bonds. The van der Waals surface area contributed by atoms with Gasteiger partial charge in [-0.1, -0.05) is 11.6 Å². The Kier molecular flexibility index (Phi) is 6.80. The number of carbonyl (C=O) groups is 1. The average Bonchev–Trinajstić information content (AvgIpc) is 2.71. The number of carbonyl (C=O) groups excluding carboxylic acids is 1. The van der Waals surface area contributed by atoms with Crippen molar-refractivity contribution in [1.82, 2.24) is 0 Å². The molecule has 1 N–H and O–H groups in total. The number of amides is 1. The maximum atomic E-state index is 13.3. The van der Waals surface area contributed by atoms with Crippen LogP contribution in [0.15, 0.2) is 41.3 Å². The van der Waals surface area contributed by atoms with Crippen molar-refractivity contribution in [1.29, 1.82) is 0 Å². The van der Waals surface area contributed by atoms with Crippen LogP contribution in [0.3, 0.4) is 0 Å². The molecule has 7 nitrogen and oxygen atoms in total. The summed E-state index contributed by atoms with van der Waals surface area (Å²) in [6.07, 6.45) is -6.02. The van der Waals surface area contributed by atoms with Crippen molar-refractivity contribution >= 4 is 40.1 Å². The number of benzene rings is 2. The smallest absolute Gasteiger partial charge is 0.427 e. The Labute approximate surface area is 190 Å². The lowest BCUT2D eigenvalue weighted by Gasteiger charge is -2.31. The Hall–Kier alpha value is -2.66. The fourth-order valence-electron chi connectivity index (χ4n) is 2.78. The number of alkyl halides is 3. The highest BCUT2D eigenvalue weighted by Crippen LogP contribution is 2.38. The molecule has 0 aliphatic carbocycles. The Morgan fingerprint density at radius 1 is 1.22 bits per heavy atom. The maximum Gasteiger partial charge on any atom is 0.427 e. The predicted molar refractivity (Wildman–Crippen MR) is 114 cm³/mol. The number of fused-ring (bicyclic) bond motifs is 1. The van der Waals surface area contributed by atoms with Crippen molar-refractivity contribution in [3.8, 4) is 11.5 Å². The summed E-state index contributed by atoms with van der Waals surface area (Å²) < 4.78 is 69.1. The van der Waals surface area contributed by atoms with E-state index in [0.29, 0.717) is 27.1 Å². The van der Waals surface area contributed by atoms with Crippen molar-refractivity contribution in [2.45, 2.75) is 30.5 Å². The van der Waals surface area contributed by atoms with Gasteiger partial charge in [0.2, 0.25) is 5.60 Å². The minimum atomic E-state index is -4.74. The zero-order valence-corrected chi connectivity index (χ0v) is 18.9. The van der Waals surface area contributed by atoms with Crippen molar-refractivity contribution in [2.75, 3.05) is 29.9 Å². The van der Waals surface area contributed by atoms with E-state index in [-0.39, 0.29) is 18.8 Å². The van der Waals surface area contributed by atoms with Gasteiger partial charge in [0, 0.05) is 10.7 Å². The van der Waals surface area contributed by atoms with Crippen LogP contribution < -0.4 is 19.1 Å². The third-order valence-electron chi connectivity index (χ3n) is 4.57. The Morgan fingerprint density at radius 2 is 1.94 bits per heavy atom. The number of methoxy groups -OCH3 is 1. The topological polar surface area (TPSA) is 77.1 Å². The van der Waals surface area contributed by atoms with E-state index in [1.165, 1.54) is 35.7 Å². The molecule has 0 aromatic heterocycles. The summed E-state index contributed by atoms with van der Waals surface area (Å²) in [6.45, 7) is 1.98. The number of anilines is 2. The van der Waals surface area contributed by atoms with Crippen LogP contribution in [-0.2, 0) is 15.7 Å². The second-order valence-corrected chi connectivity index (χ2v) is 9.02. The Morgan fingerprint density at radius 3 is 2.59 bits per heavy atom. The first kappa shape index (κ1) is 24.0. The second kappa shape index (κ2) is 9.07. The predicted octanol–water partition coefficient (Wildman–Crippen LogP) is 5.16. The molecule has 0 radical (unpaired) electrons. The number of hydrogen-bond donors (Lipinski definition) is 1. The molecule has 2 aromatic carbocycles. The lowest BCUT2D eigenvalue weighted by molar-refractivity contribution is -0.242. The van der Waals surface area contributed by atoms with E-state index < -0.39 is 28.9 Å². The van der Waals surface area contributed by atoms with E-state index in [4.69, 9.17) is 21.1 Å². The van der Waals surface area contributed by atoms with E-state index in [1.54, 1.807) is 12.1 Å². The molecular formula is C20H20ClF3N2O5S. The van der Waals surface area contributed by atoms with Crippen LogP contribution in [0.2, 0.25) is 5.02 Å². The molecule has 1 unspecified atom stereocenters. The summed E-state index contributed by atoms with van der Waals surface area (Å²) in [7, 11) is -0.313. The number of rotatable bonds is 5. The minimum Gasteiger partial charge on any atom is -0.495 e. The van der Waals surface area contributed by atoms with Gasteiger partial charge < -0.3 is 14.2 Å². The SMILES string of the molecule is COc1ccc(Cl)cc1S(=O)N1CCOc2ccc(NC(=O)OC(C)(C)C(F)(F)F)cc21. The van der Waals surface area contributed by atoms with Gasteiger partial charge in [-0.25, -0.2) is 9.00 Å². The minimum absolute atomic E-state index is 0.136. The van der Waals surface area contributed by atoms with E-state index in [9.17, 15) is 22.2 Å². The van der Waals surface area contributed by atoms with Crippen molar-refractivity contribution in [3.05, 3.63) is 41.4 Å². The molecule has 174 valence electrons. The number of nitrogens with one attached hydrogen (secondary N) is 1. The van der Waals surface area contributed by atoms with E-state index >= 15 is 0 Å². The van der Waals surface area contributed by atoms with Gasteiger partial charge in [0.1, 0.15) is 23.0 Å². The van der Waals surface area contributed by atoms with Crippen LogP contribution in [0.25, 0.3) is 0 Å². The number of ether oxygens (including phenoxy) is 3. The highest BCUT2D eigenvalue weighted by atomic mass is 35.5. The van der Waals surface area contributed by atoms with Crippen LogP contribution in [0.1, 0.15) is 13.8 Å². The van der Waals surface area contributed by atoms with Gasteiger partial charge in [-0.3, -0.25) is 9.62 Å². The van der Waals surface area contributed by atoms with Crippen LogP contribution in [0.4, 0.5) is 29.3 Å². The van der Waals surface area contributed by atoms with Gasteiger partial charge >= 0.3 is 12.3 Å². The lowest BCUT2D eigenvalue weighted by Crippen LogP contribution is -2.44. The summed E-state index contributed by atoms with van der Waals surface area (Å²) in [5.74, 6) is 0.758. The zero-order valence-electron chi connectivity index (χ0n) is 17.3. The number of hydrogen-bond acceptors (Lipinski definition) is 5. The van der Waals surface area contributed by atoms with E-state index in [1.807, 2.05) is 0 Å². The Balaban J connectivity index is 1.87. The molecule has 2 aromatic rings. The van der Waals surface area contributed by atoms with Gasteiger partial charge in [0.25, 0.3) is 0 Å². The van der Waals surface area contributed by atoms with Crippen LogP contribution in [0, 0.1) is 0 Å². The molecule has 12 heteroatoms. The summed E-state index contributed by atoms with van der Waals surface area (Å²) in [4.78, 5) is 12.4. The highest BCUT2D eigenvalue weighted by Gasteiger charge is 2.51. The first-order chi connectivity index (χ1) is 14.9. The molecule has 0 fully saturated rings. The molecular weight excluding hydrogens is 473 g/mol. The monoisotopic (exact) mass is 492 g/mol. The third kappa shape index (κ3) is 5.04. The molecule has 1 heterocycles. The van der Waals surface area contributed by atoms with Gasteiger partial charge in [0.05, 0.1) is 19.3 Å². The average molecular weight is 493 g/mol. The van der Waals surface area contributed by atoms with Gasteiger partial charge in [-0.15, -0.1) is 0 Å².